The molecule has 2 nitrogen and oxygen atoms in total. The third-order valence-corrected chi connectivity index (χ3v) is 3.56. The van der Waals surface area contributed by atoms with Gasteiger partial charge in [-0.15, -0.1) is 0 Å². The van der Waals surface area contributed by atoms with Crippen LogP contribution in [0.25, 0.3) is 0 Å². The lowest BCUT2D eigenvalue weighted by Crippen LogP contribution is -2.11. The zero-order chi connectivity index (χ0) is 13.1. The van der Waals surface area contributed by atoms with E-state index in [1.807, 2.05) is 25.1 Å². The predicted octanol–water partition coefficient (Wildman–Crippen LogP) is 3.98. The van der Waals surface area contributed by atoms with Crippen LogP contribution in [0.1, 0.15) is 11.1 Å². The van der Waals surface area contributed by atoms with E-state index in [1.165, 1.54) is 3.57 Å². The lowest BCUT2D eigenvalue weighted by molar-refractivity contribution is 1.42. The van der Waals surface area contributed by atoms with Gasteiger partial charge in [-0.2, -0.15) is 0 Å². The van der Waals surface area contributed by atoms with E-state index in [1.54, 1.807) is 0 Å². The number of rotatable bonds is 3. The molecular formula is C14H13IN2S. The first kappa shape index (κ1) is 13.3. The first-order chi connectivity index (χ1) is 8.56. The minimum atomic E-state index is 0.438. The van der Waals surface area contributed by atoms with Gasteiger partial charge in [0.2, 0.25) is 0 Å². The molecule has 92 valence electrons. The summed E-state index contributed by atoms with van der Waals surface area (Å²) in [6.45, 7) is 2.01. The van der Waals surface area contributed by atoms with Gasteiger partial charge < -0.3 is 11.1 Å². The van der Waals surface area contributed by atoms with E-state index in [0.717, 1.165) is 22.5 Å². The van der Waals surface area contributed by atoms with Gasteiger partial charge in [0, 0.05) is 20.5 Å². The number of anilines is 2. The summed E-state index contributed by atoms with van der Waals surface area (Å²) < 4.78 is 1.22. The van der Waals surface area contributed by atoms with Crippen molar-refractivity contribution in [3.05, 3.63) is 57.2 Å². The van der Waals surface area contributed by atoms with Gasteiger partial charge in [0.25, 0.3) is 0 Å². The van der Waals surface area contributed by atoms with Gasteiger partial charge in [-0.3, -0.25) is 0 Å². The number of hydrogen-bond acceptors (Lipinski definition) is 2. The maximum absolute atomic E-state index is 5.64. The van der Waals surface area contributed by atoms with Crippen LogP contribution in [-0.2, 0) is 0 Å². The number of hydrogen-bond donors (Lipinski definition) is 2. The highest BCUT2D eigenvalue weighted by Crippen LogP contribution is 2.20. The molecule has 0 saturated heterocycles. The molecule has 0 bridgehead atoms. The van der Waals surface area contributed by atoms with Gasteiger partial charge in [-0.05, 0) is 77.5 Å². The summed E-state index contributed by atoms with van der Waals surface area (Å²) in [5.74, 6) is 0. The molecular weight excluding hydrogens is 355 g/mol. The summed E-state index contributed by atoms with van der Waals surface area (Å²) in [5, 5.41) is 3.35. The first-order valence-corrected chi connectivity index (χ1v) is 6.98. The number of aryl methyl sites for hydroxylation is 1. The summed E-state index contributed by atoms with van der Waals surface area (Å²) in [5.41, 5.74) is 9.76. The average molecular weight is 368 g/mol. The van der Waals surface area contributed by atoms with E-state index in [2.05, 4.69) is 52.2 Å². The fraction of sp³-hybridized carbons (Fsp3) is 0.0714. The van der Waals surface area contributed by atoms with Crippen molar-refractivity contribution in [2.45, 2.75) is 6.92 Å². The normalized spacial score (nSPS) is 10.1. The molecule has 0 aliphatic heterocycles. The van der Waals surface area contributed by atoms with Crippen molar-refractivity contribution in [1.29, 1.82) is 0 Å². The van der Waals surface area contributed by atoms with Crippen LogP contribution < -0.4 is 11.1 Å². The molecule has 18 heavy (non-hydrogen) atoms. The van der Waals surface area contributed by atoms with Crippen LogP contribution >= 0.6 is 34.8 Å². The van der Waals surface area contributed by atoms with E-state index in [0.29, 0.717) is 4.99 Å². The molecule has 0 aliphatic carbocycles. The number of nitrogens with one attached hydrogen (secondary N) is 1. The van der Waals surface area contributed by atoms with Crippen LogP contribution in [0.4, 0.5) is 11.4 Å². The van der Waals surface area contributed by atoms with Crippen molar-refractivity contribution in [2.24, 2.45) is 5.73 Å². The van der Waals surface area contributed by atoms with E-state index in [9.17, 15) is 0 Å². The molecule has 2 rings (SSSR count). The van der Waals surface area contributed by atoms with Gasteiger partial charge in [0.1, 0.15) is 4.99 Å². The number of thiocarbonyl (C=S) groups is 1. The van der Waals surface area contributed by atoms with E-state index >= 15 is 0 Å². The van der Waals surface area contributed by atoms with Crippen LogP contribution in [0.15, 0.2) is 42.5 Å². The van der Waals surface area contributed by atoms with Crippen molar-refractivity contribution < 1.29 is 0 Å². The third-order valence-electron chi connectivity index (χ3n) is 2.62. The van der Waals surface area contributed by atoms with E-state index in [-0.39, 0.29) is 0 Å². The second kappa shape index (κ2) is 5.67. The zero-order valence-electron chi connectivity index (χ0n) is 9.91. The smallest absolute Gasteiger partial charge is 0.104 e. The molecule has 3 N–H and O–H groups in total. The number of benzene rings is 2. The monoisotopic (exact) mass is 368 g/mol. The molecule has 2 aromatic rings. The Balaban J connectivity index is 2.22. The quantitative estimate of drug-likeness (QED) is 0.636. The van der Waals surface area contributed by atoms with Crippen LogP contribution in [0, 0.1) is 10.5 Å². The maximum Gasteiger partial charge on any atom is 0.104 e. The van der Waals surface area contributed by atoms with Gasteiger partial charge in [-0.25, -0.2) is 0 Å². The summed E-state index contributed by atoms with van der Waals surface area (Å²) in [6.07, 6.45) is 0. The van der Waals surface area contributed by atoms with Crippen molar-refractivity contribution in [3.8, 4) is 0 Å². The van der Waals surface area contributed by atoms with E-state index < -0.39 is 0 Å². The van der Waals surface area contributed by atoms with E-state index in [4.69, 9.17) is 18.0 Å². The molecule has 0 spiro atoms. The molecule has 0 aliphatic rings. The molecule has 0 heterocycles. The predicted molar refractivity (Wildman–Crippen MR) is 89.5 cm³/mol. The second-order valence-electron chi connectivity index (χ2n) is 4.03. The first-order valence-electron chi connectivity index (χ1n) is 5.49. The Hall–Kier alpha value is -1.14. The highest BCUT2D eigenvalue weighted by Gasteiger charge is 2.02. The Labute approximate surface area is 126 Å². The second-order valence-corrected chi connectivity index (χ2v) is 5.71. The highest BCUT2D eigenvalue weighted by molar-refractivity contribution is 14.1. The van der Waals surface area contributed by atoms with Crippen LogP contribution in [0.2, 0.25) is 0 Å². The molecule has 0 radical (unpaired) electrons. The Bertz CT molecular complexity index is 579. The summed E-state index contributed by atoms with van der Waals surface area (Å²) >= 11 is 7.28. The standard InChI is InChI=1S/C14H13IN2S/c1-9-8-12(6-7-13(9)14(16)18)17-11-4-2-10(15)3-5-11/h2-8,17H,1H3,(H2,16,18). The molecule has 4 heteroatoms. The van der Waals surface area contributed by atoms with Crippen LogP contribution in [0.5, 0.6) is 0 Å². The summed E-state index contributed by atoms with van der Waals surface area (Å²) in [4.78, 5) is 0.438. The Morgan fingerprint density at radius 1 is 1.11 bits per heavy atom. The number of nitrogens with two attached hydrogens (primary N) is 1. The summed E-state index contributed by atoms with van der Waals surface area (Å²) in [6, 6.07) is 14.2. The van der Waals surface area contributed by atoms with Crippen molar-refractivity contribution in [1.82, 2.24) is 0 Å². The topological polar surface area (TPSA) is 38.0 Å². The summed E-state index contributed by atoms with van der Waals surface area (Å²) in [7, 11) is 0. The Morgan fingerprint density at radius 2 is 1.72 bits per heavy atom. The third kappa shape index (κ3) is 3.20. The molecule has 0 unspecified atom stereocenters. The molecule has 0 saturated carbocycles. The lowest BCUT2D eigenvalue weighted by Gasteiger charge is -2.10. The fourth-order valence-electron chi connectivity index (χ4n) is 1.72. The minimum Gasteiger partial charge on any atom is -0.389 e. The van der Waals surface area contributed by atoms with Crippen LogP contribution in [0.3, 0.4) is 0 Å². The number of halogens is 1. The SMILES string of the molecule is Cc1cc(Nc2ccc(I)cc2)ccc1C(N)=S. The van der Waals surface area contributed by atoms with Crippen molar-refractivity contribution >= 4 is 51.2 Å². The minimum absolute atomic E-state index is 0.438. The van der Waals surface area contributed by atoms with Gasteiger partial charge >= 0.3 is 0 Å². The molecule has 0 fully saturated rings. The van der Waals surface area contributed by atoms with Crippen molar-refractivity contribution in [3.63, 3.8) is 0 Å². The van der Waals surface area contributed by atoms with Gasteiger partial charge in [-0.1, -0.05) is 12.2 Å². The molecule has 0 amide bonds. The van der Waals surface area contributed by atoms with Crippen molar-refractivity contribution in [2.75, 3.05) is 5.32 Å². The molecule has 0 aromatic heterocycles. The lowest BCUT2D eigenvalue weighted by atomic mass is 10.1. The largest absolute Gasteiger partial charge is 0.389 e. The Kier molecular flexibility index (Phi) is 4.19. The van der Waals surface area contributed by atoms with Gasteiger partial charge in [0.05, 0.1) is 0 Å². The highest BCUT2D eigenvalue weighted by atomic mass is 127. The van der Waals surface area contributed by atoms with Crippen LogP contribution in [-0.4, -0.2) is 4.99 Å². The maximum atomic E-state index is 5.64. The fourth-order valence-corrected chi connectivity index (χ4v) is 2.31. The molecule has 0 atom stereocenters. The average Bonchev–Trinajstić information content (AvgIpc) is 2.32. The zero-order valence-corrected chi connectivity index (χ0v) is 12.9. The Morgan fingerprint density at radius 3 is 2.28 bits per heavy atom. The molecule has 2 aromatic carbocycles. The van der Waals surface area contributed by atoms with Gasteiger partial charge in [0.15, 0.2) is 0 Å².